The third-order valence-corrected chi connectivity index (χ3v) is 1.90. The zero-order valence-electron chi connectivity index (χ0n) is 7.69. The number of nitrogens with zero attached hydrogens (tertiary/aromatic N) is 1. The molecule has 0 spiro atoms. The lowest BCUT2D eigenvalue weighted by atomic mass is 10.1. The summed E-state index contributed by atoms with van der Waals surface area (Å²) in [5.74, 6) is 0. The van der Waals surface area contributed by atoms with Crippen LogP contribution in [0.1, 0.15) is 12.5 Å². The highest BCUT2D eigenvalue weighted by molar-refractivity contribution is 5.74. The molecule has 1 aromatic carbocycles. The van der Waals surface area contributed by atoms with Crippen LogP contribution in [0.25, 0.3) is 0 Å². The first-order chi connectivity index (χ1) is 6.69. The standard InChI is InChI=1S/C9H10N2O3/c1-2-7-3-4-8(11(13)14)5-9(7)10-6-12/h3-6H,2H2,1H3,(H,10,12). The summed E-state index contributed by atoms with van der Waals surface area (Å²) in [7, 11) is 0. The van der Waals surface area contributed by atoms with Gasteiger partial charge in [-0.25, -0.2) is 0 Å². The van der Waals surface area contributed by atoms with Crippen molar-refractivity contribution in [3.05, 3.63) is 33.9 Å². The van der Waals surface area contributed by atoms with E-state index >= 15 is 0 Å². The van der Waals surface area contributed by atoms with Gasteiger partial charge in [0.15, 0.2) is 0 Å². The Labute approximate surface area is 80.9 Å². The van der Waals surface area contributed by atoms with Crippen molar-refractivity contribution < 1.29 is 9.72 Å². The Balaban J connectivity index is 3.13. The van der Waals surface area contributed by atoms with E-state index in [1.807, 2.05) is 6.92 Å². The van der Waals surface area contributed by atoms with Crippen LogP contribution in [0.2, 0.25) is 0 Å². The van der Waals surface area contributed by atoms with Crippen molar-refractivity contribution in [2.75, 3.05) is 5.32 Å². The maximum absolute atomic E-state index is 10.4. The van der Waals surface area contributed by atoms with Crippen molar-refractivity contribution in [1.82, 2.24) is 0 Å². The minimum atomic E-state index is -0.491. The number of hydrogen-bond donors (Lipinski definition) is 1. The van der Waals surface area contributed by atoms with Gasteiger partial charge in [-0.2, -0.15) is 0 Å². The van der Waals surface area contributed by atoms with Gasteiger partial charge >= 0.3 is 0 Å². The van der Waals surface area contributed by atoms with Crippen molar-refractivity contribution in [3.63, 3.8) is 0 Å². The Morgan fingerprint density at radius 2 is 2.29 bits per heavy atom. The Morgan fingerprint density at radius 3 is 2.79 bits per heavy atom. The highest BCUT2D eigenvalue weighted by Gasteiger charge is 2.08. The van der Waals surface area contributed by atoms with Gasteiger partial charge in [-0.1, -0.05) is 13.0 Å². The molecule has 0 aliphatic rings. The Bertz CT molecular complexity index is 363. The lowest BCUT2D eigenvalue weighted by Crippen LogP contribution is -1.99. The van der Waals surface area contributed by atoms with Crippen LogP contribution in [0.3, 0.4) is 0 Å². The van der Waals surface area contributed by atoms with Crippen LogP contribution >= 0.6 is 0 Å². The molecule has 0 aliphatic carbocycles. The Kier molecular flexibility index (Phi) is 3.17. The number of nitro groups is 1. The Morgan fingerprint density at radius 1 is 1.57 bits per heavy atom. The molecule has 5 heteroatoms. The van der Waals surface area contributed by atoms with Gasteiger partial charge in [0.05, 0.1) is 10.6 Å². The van der Waals surface area contributed by atoms with Crippen molar-refractivity contribution in [2.24, 2.45) is 0 Å². The van der Waals surface area contributed by atoms with Crippen molar-refractivity contribution in [2.45, 2.75) is 13.3 Å². The molecule has 0 saturated carbocycles. The van der Waals surface area contributed by atoms with Crippen LogP contribution in [-0.2, 0) is 11.2 Å². The molecule has 74 valence electrons. The van der Waals surface area contributed by atoms with Crippen molar-refractivity contribution >= 4 is 17.8 Å². The highest BCUT2D eigenvalue weighted by atomic mass is 16.6. The minimum Gasteiger partial charge on any atom is -0.328 e. The number of nitro benzene ring substituents is 1. The van der Waals surface area contributed by atoms with Crippen molar-refractivity contribution in [3.8, 4) is 0 Å². The molecule has 0 bridgehead atoms. The normalized spacial score (nSPS) is 9.50. The molecule has 0 unspecified atom stereocenters. The molecule has 0 atom stereocenters. The summed E-state index contributed by atoms with van der Waals surface area (Å²) in [6.07, 6.45) is 1.23. The van der Waals surface area contributed by atoms with Crippen molar-refractivity contribution in [1.29, 1.82) is 0 Å². The van der Waals surface area contributed by atoms with Crippen LogP contribution in [0.15, 0.2) is 18.2 Å². The van der Waals surface area contributed by atoms with E-state index in [1.54, 1.807) is 6.07 Å². The fourth-order valence-corrected chi connectivity index (χ4v) is 1.18. The summed E-state index contributed by atoms with van der Waals surface area (Å²) in [5, 5.41) is 12.9. The molecule has 1 aromatic rings. The predicted octanol–water partition coefficient (Wildman–Crippen LogP) is 1.73. The van der Waals surface area contributed by atoms with Crippen LogP contribution in [-0.4, -0.2) is 11.3 Å². The summed E-state index contributed by atoms with van der Waals surface area (Å²) in [4.78, 5) is 20.2. The van der Waals surface area contributed by atoms with Crippen LogP contribution < -0.4 is 5.32 Å². The second-order valence-corrected chi connectivity index (χ2v) is 2.71. The minimum absolute atomic E-state index is 0.0217. The number of hydrogen-bond acceptors (Lipinski definition) is 3. The largest absolute Gasteiger partial charge is 0.328 e. The van der Waals surface area contributed by atoms with Gasteiger partial charge in [0.1, 0.15) is 0 Å². The summed E-state index contributed by atoms with van der Waals surface area (Å²) in [5.41, 5.74) is 1.35. The summed E-state index contributed by atoms with van der Waals surface area (Å²) >= 11 is 0. The van der Waals surface area contributed by atoms with Gasteiger partial charge < -0.3 is 5.32 Å². The summed E-state index contributed by atoms with van der Waals surface area (Å²) < 4.78 is 0. The monoisotopic (exact) mass is 194 g/mol. The van der Waals surface area contributed by atoms with E-state index in [2.05, 4.69) is 5.32 Å². The molecule has 1 N–H and O–H groups in total. The molecule has 0 radical (unpaired) electrons. The summed E-state index contributed by atoms with van der Waals surface area (Å²) in [6.45, 7) is 1.91. The predicted molar refractivity (Wildman–Crippen MR) is 52.2 cm³/mol. The maximum atomic E-state index is 10.4. The second-order valence-electron chi connectivity index (χ2n) is 2.71. The number of nitrogens with one attached hydrogen (secondary N) is 1. The first-order valence-corrected chi connectivity index (χ1v) is 4.16. The van der Waals surface area contributed by atoms with E-state index in [9.17, 15) is 14.9 Å². The molecule has 1 rings (SSSR count). The zero-order valence-corrected chi connectivity index (χ0v) is 7.69. The summed E-state index contributed by atoms with van der Waals surface area (Å²) in [6, 6.07) is 4.42. The number of amides is 1. The fraction of sp³-hybridized carbons (Fsp3) is 0.222. The molecule has 0 saturated heterocycles. The van der Waals surface area contributed by atoms with Gasteiger partial charge in [-0.15, -0.1) is 0 Å². The van der Waals surface area contributed by atoms with Crippen LogP contribution in [0.5, 0.6) is 0 Å². The first-order valence-electron chi connectivity index (χ1n) is 4.16. The molecule has 0 aliphatic heterocycles. The lowest BCUT2D eigenvalue weighted by molar-refractivity contribution is -0.384. The van der Waals surface area contributed by atoms with Crippen LogP contribution in [0.4, 0.5) is 11.4 Å². The van der Waals surface area contributed by atoms with E-state index in [-0.39, 0.29) is 5.69 Å². The third kappa shape index (κ3) is 2.07. The lowest BCUT2D eigenvalue weighted by Gasteiger charge is -2.04. The van der Waals surface area contributed by atoms with E-state index in [0.29, 0.717) is 18.5 Å². The topological polar surface area (TPSA) is 72.2 Å². The molecule has 5 nitrogen and oxygen atoms in total. The van der Waals surface area contributed by atoms with E-state index in [1.165, 1.54) is 12.1 Å². The van der Waals surface area contributed by atoms with E-state index in [0.717, 1.165) is 5.56 Å². The number of carbonyl (C=O) groups is 1. The highest BCUT2D eigenvalue weighted by Crippen LogP contribution is 2.22. The maximum Gasteiger partial charge on any atom is 0.271 e. The molecule has 0 aromatic heterocycles. The SMILES string of the molecule is CCc1ccc([N+](=O)[O-])cc1NC=O. The fourth-order valence-electron chi connectivity index (χ4n) is 1.18. The number of aryl methyl sites for hydroxylation is 1. The molecular formula is C9H10N2O3. The zero-order chi connectivity index (χ0) is 10.6. The number of anilines is 1. The number of benzene rings is 1. The molecule has 0 heterocycles. The Hall–Kier alpha value is -1.91. The van der Waals surface area contributed by atoms with Gasteiger partial charge in [0.25, 0.3) is 5.69 Å². The van der Waals surface area contributed by atoms with Gasteiger partial charge in [-0.3, -0.25) is 14.9 Å². The number of non-ortho nitro benzene ring substituents is 1. The molecular weight excluding hydrogens is 184 g/mol. The number of rotatable bonds is 4. The van der Waals surface area contributed by atoms with E-state index in [4.69, 9.17) is 0 Å². The number of carbonyl (C=O) groups excluding carboxylic acids is 1. The molecule has 1 amide bonds. The quantitative estimate of drug-likeness (QED) is 0.450. The third-order valence-electron chi connectivity index (χ3n) is 1.90. The van der Waals surface area contributed by atoms with Gasteiger partial charge in [0.2, 0.25) is 6.41 Å². The van der Waals surface area contributed by atoms with Gasteiger partial charge in [-0.05, 0) is 12.0 Å². The smallest absolute Gasteiger partial charge is 0.271 e. The van der Waals surface area contributed by atoms with Gasteiger partial charge in [0, 0.05) is 12.1 Å². The van der Waals surface area contributed by atoms with Crippen LogP contribution in [0, 0.1) is 10.1 Å². The molecule has 14 heavy (non-hydrogen) atoms. The first kappa shape index (κ1) is 10.2. The average Bonchev–Trinajstić information content (AvgIpc) is 2.18. The van der Waals surface area contributed by atoms with E-state index < -0.39 is 4.92 Å². The molecule has 0 fully saturated rings. The average molecular weight is 194 g/mol. The second kappa shape index (κ2) is 4.36.